The van der Waals surface area contributed by atoms with E-state index in [-0.39, 0.29) is 23.7 Å². The van der Waals surface area contributed by atoms with Crippen LogP contribution in [0, 0.1) is 5.82 Å². The van der Waals surface area contributed by atoms with Crippen LogP contribution in [0.2, 0.25) is 0 Å². The van der Waals surface area contributed by atoms with Gasteiger partial charge in [0.05, 0.1) is 18.1 Å². The highest BCUT2D eigenvalue weighted by atomic mass is 19.1. The highest BCUT2D eigenvalue weighted by Crippen LogP contribution is 2.13. The summed E-state index contributed by atoms with van der Waals surface area (Å²) in [4.78, 5) is 14.6. The summed E-state index contributed by atoms with van der Waals surface area (Å²) in [5.74, 6) is -1.65. The Labute approximate surface area is 106 Å². The van der Waals surface area contributed by atoms with Gasteiger partial charge >= 0.3 is 5.97 Å². The zero-order valence-electron chi connectivity index (χ0n) is 9.58. The third-order valence-corrected chi connectivity index (χ3v) is 2.35. The second-order valence-electron chi connectivity index (χ2n) is 3.53. The zero-order chi connectivity index (χ0) is 13.8. The summed E-state index contributed by atoms with van der Waals surface area (Å²) in [5.41, 5.74) is -0.0825. The van der Waals surface area contributed by atoms with E-state index < -0.39 is 18.6 Å². The number of aromatic carboxylic acids is 1. The van der Waals surface area contributed by atoms with Crippen molar-refractivity contribution in [1.29, 1.82) is 0 Å². The first-order chi connectivity index (χ1) is 9.11. The molecule has 2 heterocycles. The van der Waals surface area contributed by atoms with Crippen molar-refractivity contribution in [3.05, 3.63) is 41.6 Å². The number of ether oxygens (including phenoxy) is 1. The first-order valence-electron chi connectivity index (χ1n) is 5.20. The zero-order valence-corrected chi connectivity index (χ0v) is 9.58. The number of hydrogen-bond acceptors (Lipinski definition) is 4. The minimum atomic E-state index is -1.23. The van der Waals surface area contributed by atoms with Gasteiger partial charge in [0.15, 0.2) is 6.80 Å². The summed E-state index contributed by atoms with van der Waals surface area (Å²) >= 11 is 0. The van der Waals surface area contributed by atoms with Crippen LogP contribution in [0.25, 0.3) is 0 Å². The molecule has 0 amide bonds. The van der Waals surface area contributed by atoms with Crippen LogP contribution in [-0.4, -0.2) is 25.8 Å². The van der Waals surface area contributed by atoms with Gasteiger partial charge in [-0.15, -0.1) is 0 Å². The van der Waals surface area contributed by atoms with Crippen molar-refractivity contribution in [1.82, 2.24) is 14.8 Å². The summed E-state index contributed by atoms with van der Waals surface area (Å²) < 4.78 is 31.3. The van der Waals surface area contributed by atoms with E-state index in [1.165, 1.54) is 6.07 Å². The Balaban J connectivity index is 2.16. The molecule has 0 aliphatic heterocycles. The van der Waals surface area contributed by atoms with E-state index in [4.69, 9.17) is 9.84 Å². The molecule has 0 radical (unpaired) electrons. The summed E-state index contributed by atoms with van der Waals surface area (Å²) in [6.07, 6.45) is 2.00. The normalized spacial score (nSPS) is 10.4. The molecule has 0 saturated heterocycles. The molecule has 0 aromatic carbocycles. The standard InChI is InChI=1S/C11H9F2N3O3/c12-6-16-9(8(4-15-16)11(17)18)5-19-10-2-1-7(13)3-14-10/h1-4H,5-6H2,(H,17,18). The third-order valence-electron chi connectivity index (χ3n) is 2.35. The minimum Gasteiger partial charge on any atom is -0.478 e. The number of rotatable bonds is 5. The average Bonchev–Trinajstić information content (AvgIpc) is 2.81. The van der Waals surface area contributed by atoms with Gasteiger partial charge in [-0.2, -0.15) is 5.10 Å². The second-order valence-corrected chi connectivity index (χ2v) is 3.53. The molecular formula is C11H9F2N3O3. The number of nitrogens with zero attached hydrogens (tertiary/aromatic N) is 3. The van der Waals surface area contributed by atoms with Crippen LogP contribution in [0.3, 0.4) is 0 Å². The predicted molar refractivity (Wildman–Crippen MR) is 58.8 cm³/mol. The minimum absolute atomic E-state index is 0.0705. The van der Waals surface area contributed by atoms with E-state index >= 15 is 0 Å². The first kappa shape index (κ1) is 12.9. The Morgan fingerprint density at radius 3 is 2.79 bits per heavy atom. The molecule has 1 N–H and O–H groups in total. The van der Waals surface area contributed by atoms with Gasteiger partial charge in [-0.3, -0.25) is 0 Å². The number of alkyl halides is 1. The van der Waals surface area contributed by atoms with Gasteiger partial charge < -0.3 is 9.84 Å². The van der Waals surface area contributed by atoms with Gasteiger partial charge in [0.1, 0.15) is 18.0 Å². The molecule has 0 spiro atoms. The molecule has 0 unspecified atom stereocenters. The third kappa shape index (κ3) is 2.84. The van der Waals surface area contributed by atoms with E-state index in [1.807, 2.05) is 0 Å². The van der Waals surface area contributed by atoms with E-state index in [0.717, 1.165) is 23.1 Å². The molecule has 0 atom stereocenters. The van der Waals surface area contributed by atoms with Crippen molar-refractivity contribution in [2.75, 3.05) is 0 Å². The molecule has 19 heavy (non-hydrogen) atoms. The lowest BCUT2D eigenvalue weighted by atomic mass is 10.2. The Kier molecular flexibility index (Phi) is 3.69. The molecular weight excluding hydrogens is 260 g/mol. The monoisotopic (exact) mass is 269 g/mol. The highest BCUT2D eigenvalue weighted by Gasteiger charge is 2.17. The molecule has 2 aromatic rings. The lowest BCUT2D eigenvalue weighted by molar-refractivity contribution is 0.0693. The number of hydrogen-bond donors (Lipinski definition) is 1. The molecule has 100 valence electrons. The van der Waals surface area contributed by atoms with Crippen LogP contribution in [0.15, 0.2) is 24.5 Å². The fraction of sp³-hybridized carbons (Fsp3) is 0.182. The molecule has 2 aromatic heterocycles. The SMILES string of the molecule is O=C(O)c1cnn(CF)c1COc1ccc(F)cn1. The van der Waals surface area contributed by atoms with Crippen LogP contribution in [0.5, 0.6) is 5.88 Å². The molecule has 0 saturated carbocycles. The Morgan fingerprint density at radius 2 is 2.21 bits per heavy atom. The van der Waals surface area contributed by atoms with Gasteiger partial charge in [-0.25, -0.2) is 23.2 Å². The molecule has 2 rings (SSSR count). The van der Waals surface area contributed by atoms with Crippen molar-refractivity contribution in [3.8, 4) is 5.88 Å². The Bertz CT molecular complexity index is 583. The molecule has 6 nitrogen and oxygen atoms in total. The fourth-order valence-electron chi connectivity index (χ4n) is 1.43. The van der Waals surface area contributed by atoms with Crippen molar-refractivity contribution >= 4 is 5.97 Å². The van der Waals surface area contributed by atoms with Gasteiger partial charge in [0, 0.05) is 6.07 Å². The summed E-state index contributed by atoms with van der Waals surface area (Å²) in [6, 6.07) is 2.43. The average molecular weight is 269 g/mol. The molecule has 8 heteroatoms. The lowest BCUT2D eigenvalue weighted by Gasteiger charge is -2.07. The Hall–Kier alpha value is -2.51. The fourth-order valence-corrected chi connectivity index (χ4v) is 1.43. The summed E-state index contributed by atoms with van der Waals surface area (Å²) in [6.45, 7) is -1.20. The maximum absolute atomic E-state index is 12.6. The van der Waals surface area contributed by atoms with Crippen molar-refractivity contribution in [3.63, 3.8) is 0 Å². The smallest absolute Gasteiger partial charge is 0.339 e. The van der Waals surface area contributed by atoms with Gasteiger partial charge in [-0.1, -0.05) is 0 Å². The number of pyridine rings is 1. The number of carboxylic acid groups (broad SMARTS) is 1. The highest BCUT2D eigenvalue weighted by molar-refractivity contribution is 5.88. The van der Waals surface area contributed by atoms with Gasteiger partial charge in [0.25, 0.3) is 0 Å². The van der Waals surface area contributed by atoms with Gasteiger partial charge in [-0.05, 0) is 6.07 Å². The van der Waals surface area contributed by atoms with Crippen LogP contribution in [0.4, 0.5) is 8.78 Å². The van der Waals surface area contributed by atoms with E-state index in [1.54, 1.807) is 0 Å². The van der Waals surface area contributed by atoms with Crippen molar-refractivity contribution < 1.29 is 23.4 Å². The topological polar surface area (TPSA) is 77.2 Å². The largest absolute Gasteiger partial charge is 0.478 e. The van der Waals surface area contributed by atoms with Crippen molar-refractivity contribution in [2.45, 2.75) is 13.4 Å². The number of carboxylic acids is 1. The van der Waals surface area contributed by atoms with Crippen LogP contribution < -0.4 is 4.74 Å². The van der Waals surface area contributed by atoms with Crippen LogP contribution in [0.1, 0.15) is 16.1 Å². The van der Waals surface area contributed by atoms with E-state index in [9.17, 15) is 13.6 Å². The second kappa shape index (κ2) is 5.42. The maximum atomic E-state index is 12.6. The quantitative estimate of drug-likeness (QED) is 0.892. The molecule has 0 aliphatic rings. The number of carbonyl (C=O) groups is 1. The summed E-state index contributed by atoms with van der Waals surface area (Å²) in [5, 5.41) is 12.5. The van der Waals surface area contributed by atoms with Crippen LogP contribution in [-0.2, 0) is 13.4 Å². The Morgan fingerprint density at radius 1 is 1.42 bits per heavy atom. The molecule has 0 aliphatic carbocycles. The van der Waals surface area contributed by atoms with Gasteiger partial charge in [0.2, 0.25) is 5.88 Å². The van der Waals surface area contributed by atoms with E-state index in [0.29, 0.717) is 0 Å². The van der Waals surface area contributed by atoms with Crippen LogP contribution >= 0.6 is 0 Å². The molecule has 0 bridgehead atoms. The number of aromatic nitrogens is 3. The lowest BCUT2D eigenvalue weighted by Crippen LogP contribution is -2.10. The predicted octanol–water partition coefficient (Wildman–Crippen LogP) is 1.62. The first-order valence-corrected chi connectivity index (χ1v) is 5.20. The van der Waals surface area contributed by atoms with E-state index in [2.05, 4.69) is 10.1 Å². The molecule has 0 fully saturated rings. The maximum Gasteiger partial charge on any atom is 0.339 e. The van der Waals surface area contributed by atoms with Crippen molar-refractivity contribution in [2.24, 2.45) is 0 Å². The summed E-state index contributed by atoms with van der Waals surface area (Å²) in [7, 11) is 0. The number of halogens is 2.